The van der Waals surface area contributed by atoms with Crippen LogP contribution in [0.15, 0.2) is 11.6 Å². The fraction of sp³-hybridized carbons (Fsp3) is 0.917. The zero-order chi connectivity index (χ0) is 33.5. The van der Waals surface area contributed by atoms with Crippen molar-refractivity contribution in [2.75, 3.05) is 6.61 Å². The van der Waals surface area contributed by atoms with Crippen molar-refractivity contribution in [1.29, 1.82) is 0 Å². The molecule has 4 aliphatic carbocycles. The molecular formula is C36H60O9. The summed E-state index contributed by atoms with van der Waals surface area (Å²) in [7, 11) is 0. The Bertz CT molecular complexity index is 1140. The van der Waals surface area contributed by atoms with Gasteiger partial charge in [-0.15, -0.1) is 0 Å². The highest BCUT2D eigenvalue weighted by atomic mass is 16.7. The molecule has 258 valence electrons. The van der Waals surface area contributed by atoms with Crippen molar-refractivity contribution in [3.8, 4) is 0 Å². The summed E-state index contributed by atoms with van der Waals surface area (Å²) in [6.45, 7) is 16.2. The minimum atomic E-state index is -1.55. The van der Waals surface area contributed by atoms with Crippen molar-refractivity contribution in [3.05, 3.63) is 11.6 Å². The van der Waals surface area contributed by atoms with Gasteiger partial charge in [-0.3, -0.25) is 4.79 Å². The predicted molar refractivity (Wildman–Crippen MR) is 169 cm³/mol. The van der Waals surface area contributed by atoms with Crippen LogP contribution in [0.3, 0.4) is 0 Å². The minimum Gasteiger partial charge on any atom is -0.394 e. The molecule has 0 aromatic rings. The third kappa shape index (κ3) is 5.40. The van der Waals surface area contributed by atoms with E-state index < -0.39 is 54.4 Å². The van der Waals surface area contributed by atoms with E-state index in [-0.39, 0.29) is 40.1 Å². The molecule has 0 spiro atoms. The number of aliphatic hydroxyl groups is 6. The average Bonchev–Trinajstić information content (AvgIpc) is 3.22. The number of ketones is 1. The van der Waals surface area contributed by atoms with Gasteiger partial charge in [0.1, 0.15) is 30.2 Å². The molecule has 45 heavy (non-hydrogen) atoms. The molecule has 0 amide bonds. The molecule has 1 heterocycles. The molecule has 6 N–H and O–H groups in total. The van der Waals surface area contributed by atoms with Crippen LogP contribution in [0.25, 0.3) is 0 Å². The lowest BCUT2D eigenvalue weighted by molar-refractivity contribution is -0.322. The normalized spacial score (nSPS) is 47.7. The number of rotatable bonds is 8. The number of hydrogen-bond acceptors (Lipinski definition) is 9. The number of carbonyl (C=O) groups is 1. The van der Waals surface area contributed by atoms with E-state index >= 15 is 0 Å². The minimum absolute atomic E-state index is 0.0146. The lowest BCUT2D eigenvalue weighted by atomic mass is 9.38. The molecule has 5 rings (SSSR count). The zero-order valence-electron chi connectivity index (χ0n) is 28.7. The summed E-state index contributed by atoms with van der Waals surface area (Å²) >= 11 is 0. The fourth-order valence-electron chi connectivity index (χ4n) is 10.9. The van der Waals surface area contributed by atoms with Gasteiger partial charge in [-0.05, 0) is 93.3 Å². The summed E-state index contributed by atoms with van der Waals surface area (Å²) in [4.78, 5) is 14.5. The molecule has 1 aliphatic heterocycles. The maximum atomic E-state index is 14.5. The van der Waals surface area contributed by atoms with Gasteiger partial charge >= 0.3 is 0 Å². The van der Waals surface area contributed by atoms with Gasteiger partial charge in [0.2, 0.25) is 0 Å². The van der Waals surface area contributed by atoms with E-state index in [2.05, 4.69) is 47.6 Å². The molecule has 5 aliphatic rings. The van der Waals surface area contributed by atoms with Gasteiger partial charge in [-0.1, -0.05) is 53.2 Å². The maximum Gasteiger partial charge on any atom is 0.187 e. The summed E-state index contributed by atoms with van der Waals surface area (Å²) in [5.74, 6) is 1.32. The van der Waals surface area contributed by atoms with Crippen LogP contribution in [0, 0.1) is 45.3 Å². The number of Topliss-reactive ketones (excluding diaryl/α,β-unsaturated/α-hetero) is 1. The largest absolute Gasteiger partial charge is 0.394 e. The van der Waals surface area contributed by atoms with Gasteiger partial charge in [0.25, 0.3) is 0 Å². The van der Waals surface area contributed by atoms with Gasteiger partial charge in [0, 0.05) is 17.3 Å². The highest BCUT2D eigenvalue weighted by Gasteiger charge is 2.70. The SMILES string of the molecule is CC(CCC(OC1OC(CO)C(O)C(O)C1O)C(C)(C)O)C1CCC2(C)C3CC=C4C(CCC(O)C4(C)C)C3(C)C(=O)CC12C. The van der Waals surface area contributed by atoms with Crippen molar-refractivity contribution in [2.24, 2.45) is 45.3 Å². The van der Waals surface area contributed by atoms with Crippen LogP contribution in [0.4, 0.5) is 0 Å². The molecular weight excluding hydrogens is 576 g/mol. The molecule has 14 unspecified atom stereocenters. The number of hydrogen-bond donors (Lipinski definition) is 6. The van der Waals surface area contributed by atoms with Crippen LogP contribution >= 0.6 is 0 Å². The maximum absolute atomic E-state index is 14.5. The second-order valence-electron chi connectivity index (χ2n) is 17.2. The van der Waals surface area contributed by atoms with Crippen molar-refractivity contribution in [1.82, 2.24) is 0 Å². The topological polar surface area (TPSA) is 157 Å². The molecule has 0 bridgehead atoms. The van der Waals surface area contributed by atoms with Crippen LogP contribution in [0.5, 0.6) is 0 Å². The van der Waals surface area contributed by atoms with Crippen molar-refractivity contribution in [2.45, 2.75) is 155 Å². The smallest absolute Gasteiger partial charge is 0.187 e. The van der Waals surface area contributed by atoms with Crippen LogP contribution < -0.4 is 0 Å². The Kier molecular flexibility index (Phi) is 9.36. The number of aliphatic hydroxyl groups excluding tert-OH is 5. The van der Waals surface area contributed by atoms with Gasteiger partial charge in [0.05, 0.1) is 24.4 Å². The molecule has 9 nitrogen and oxygen atoms in total. The van der Waals surface area contributed by atoms with E-state index in [1.54, 1.807) is 13.8 Å². The number of fused-ring (bicyclic) bond motifs is 5. The number of ether oxygens (including phenoxy) is 2. The summed E-state index contributed by atoms with van der Waals surface area (Å²) in [5.41, 5.74) is -0.951. The average molecular weight is 637 g/mol. The molecule has 3 saturated carbocycles. The molecule has 4 fully saturated rings. The quantitative estimate of drug-likeness (QED) is 0.220. The number of carbonyl (C=O) groups excluding carboxylic acids is 1. The molecule has 0 aromatic carbocycles. The molecule has 14 atom stereocenters. The molecule has 0 radical (unpaired) electrons. The van der Waals surface area contributed by atoms with Crippen LogP contribution in [0.2, 0.25) is 0 Å². The van der Waals surface area contributed by atoms with Crippen molar-refractivity contribution >= 4 is 5.78 Å². The molecule has 9 heteroatoms. The highest BCUT2D eigenvalue weighted by molar-refractivity contribution is 5.88. The molecule has 0 aromatic heterocycles. The monoisotopic (exact) mass is 636 g/mol. The van der Waals surface area contributed by atoms with E-state index in [4.69, 9.17) is 9.47 Å². The van der Waals surface area contributed by atoms with Gasteiger partial charge in [0.15, 0.2) is 6.29 Å². The highest BCUT2D eigenvalue weighted by Crippen LogP contribution is 2.74. The van der Waals surface area contributed by atoms with Gasteiger partial charge in [-0.2, -0.15) is 0 Å². The third-order valence-electron chi connectivity index (χ3n) is 14.2. The standard InChI is InChI=1S/C36H60O9/c1-19(9-14-27(33(4,5)43)45-31-30(42)29(41)28(40)23(18-37)44-31)20-15-16-34(6)24-12-10-21-22(11-13-25(38)32(21,2)3)36(24,8)26(39)17-35(20,34)7/h10,19-20,22-25,27-31,37-38,40-43H,9,11-18H2,1-8H3. The third-order valence-corrected chi connectivity index (χ3v) is 14.2. The van der Waals surface area contributed by atoms with Crippen molar-refractivity contribution < 1.29 is 44.9 Å². The summed E-state index contributed by atoms with van der Waals surface area (Å²) in [5, 5.41) is 62.5. The Labute approximate surface area is 269 Å². The van der Waals surface area contributed by atoms with E-state index in [9.17, 15) is 35.4 Å². The Hall–Kier alpha value is -0.910. The Balaban J connectivity index is 1.33. The first-order valence-corrected chi connectivity index (χ1v) is 17.3. The second-order valence-corrected chi connectivity index (χ2v) is 17.2. The Morgan fingerprint density at radius 2 is 1.64 bits per heavy atom. The van der Waals surface area contributed by atoms with Crippen molar-refractivity contribution in [3.63, 3.8) is 0 Å². The van der Waals surface area contributed by atoms with Crippen LogP contribution in [0.1, 0.15) is 107 Å². The lowest BCUT2D eigenvalue weighted by Gasteiger charge is -2.64. The second kappa shape index (κ2) is 11.9. The van der Waals surface area contributed by atoms with E-state index in [1.165, 1.54) is 5.57 Å². The van der Waals surface area contributed by atoms with Crippen LogP contribution in [-0.2, 0) is 14.3 Å². The summed E-state index contributed by atoms with van der Waals surface area (Å²) in [6.07, 6.45) is 0.549. The summed E-state index contributed by atoms with van der Waals surface area (Å²) in [6, 6.07) is 0. The molecule has 1 saturated heterocycles. The fourth-order valence-corrected chi connectivity index (χ4v) is 10.9. The van der Waals surface area contributed by atoms with Gasteiger partial charge in [-0.25, -0.2) is 0 Å². The Morgan fingerprint density at radius 1 is 0.978 bits per heavy atom. The Morgan fingerprint density at radius 3 is 2.27 bits per heavy atom. The van der Waals surface area contributed by atoms with Crippen LogP contribution in [-0.4, -0.2) is 91.5 Å². The predicted octanol–water partition coefficient (Wildman–Crippen LogP) is 3.50. The van der Waals surface area contributed by atoms with E-state index in [0.29, 0.717) is 24.5 Å². The number of allylic oxidation sites excluding steroid dienone is 1. The van der Waals surface area contributed by atoms with Gasteiger partial charge < -0.3 is 40.1 Å². The summed E-state index contributed by atoms with van der Waals surface area (Å²) < 4.78 is 11.7. The van der Waals surface area contributed by atoms with E-state index in [1.807, 2.05) is 0 Å². The first-order valence-electron chi connectivity index (χ1n) is 17.3. The zero-order valence-corrected chi connectivity index (χ0v) is 28.7. The van der Waals surface area contributed by atoms with E-state index in [0.717, 1.165) is 38.5 Å². The lowest BCUT2D eigenvalue weighted by Crippen LogP contribution is -2.63. The first kappa shape index (κ1) is 35.4. The first-order chi connectivity index (χ1) is 20.7.